The van der Waals surface area contributed by atoms with Gasteiger partial charge in [0.05, 0.1) is 16.3 Å². The van der Waals surface area contributed by atoms with E-state index >= 15 is 0 Å². The molecule has 2 rings (SSSR count). The maximum atomic E-state index is 12.0. The number of carboxylic acids is 1. The molecule has 0 aliphatic carbocycles. The molecule has 0 aliphatic rings. The van der Waals surface area contributed by atoms with E-state index in [-0.39, 0.29) is 11.6 Å². The molecule has 2 aromatic rings. The third kappa shape index (κ3) is 3.82. The van der Waals surface area contributed by atoms with Crippen molar-refractivity contribution in [3.63, 3.8) is 0 Å². The van der Waals surface area contributed by atoms with Crippen molar-refractivity contribution in [2.24, 2.45) is 0 Å². The molecule has 2 N–H and O–H groups in total. The van der Waals surface area contributed by atoms with Crippen LogP contribution in [-0.4, -0.2) is 38.5 Å². The summed E-state index contributed by atoms with van der Waals surface area (Å²) in [5, 5.41) is 13.7. The zero-order valence-corrected chi connectivity index (χ0v) is 12.4. The molecular formula is C13H14N4O3S. The topological polar surface area (TPSA) is 105 Å². The Morgan fingerprint density at radius 2 is 2.10 bits per heavy atom. The lowest BCUT2D eigenvalue weighted by Crippen LogP contribution is -2.27. The molecule has 0 aliphatic heterocycles. The van der Waals surface area contributed by atoms with Crippen LogP contribution in [-0.2, 0) is 6.42 Å². The number of carbonyl (C=O) groups is 2. The number of carbonyl (C=O) groups excluding carboxylic acids is 1. The summed E-state index contributed by atoms with van der Waals surface area (Å²) in [4.78, 5) is 34.8. The van der Waals surface area contributed by atoms with Gasteiger partial charge in [-0.1, -0.05) is 0 Å². The van der Waals surface area contributed by atoms with Crippen molar-refractivity contribution in [3.05, 3.63) is 39.4 Å². The van der Waals surface area contributed by atoms with E-state index in [1.807, 2.05) is 0 Å². The van der Waals surface area contributed by atoms with E-state index in [2.05, 4.69) is 20.3 Å². The first-order valence-corrected chi connectivity index (χ1v) is 7.11. The highest BCUT2D eigenvalue weighted by molar-refractivity contribution is 7.09. The number of aryl methyl sites for hydroxylation is 2. The van der Waals surface area contributed by atoms with Gasteiger partial charge in [-0.3, -0.25) is 4.79 Å². The van der Waals surface area contributed by atoms with E-state index in [0.717, 1.165) is 0 Å². The Labute approximate surface area is 125 Å². The van der Waals surface area contributed by atoms with Crippen LogP contribution in [0.25, 0.3) is 0 Å². The minimum atomic E-state index is -1.05. The summed E-state index contributed by atoms with van der Waals surface area (Å²) in [5.41, 5.74) is 1.09. The number of hydrogen-bond acceptors (Lipinski definition) is 6. The fourth-order valence-corrected chi connectivity index (χ4v) is 2.48. The monoisotopic (exact) mass is 306 g/mol. The van der Waals surface area contributed by atoms with Crippen LogP contribution in [0.5, 0.6) is 0 Å². The second-order valence-corrected chi connectivity index (χ2v) is 5.30. The Hall–Kier alpha value is -2.35. The third-order valence-corrected chi connectivity index (χ3v) is 3.65. The Bertz CT molecular complexity index is 684. The molecule has 0 unspecified atom stereocenters. The molecular weight excluding hydrogens is 292 g/mol. The summed E-state index contributed by atoms with van der Waals surface area (Å²) >= 11 is 1.26. The van der Waals surface area contributed by atoms with E-state index in [4.69, 9.17) is 5.11 Å². The first-order chi connectivity index (χ1) is 9.97. The van der Waals surface area contributed by atoms with Crippen LogP contribution in [0.3, 0.4) is 0 Å². The number of rotatable bonds is 5. The lowest BCUT2D eigenvalue weighted by atomic mass is 10.2. The number of aromatic carboxylic acids is 1. The minimum Gasteiger partial charge on any atom is -0.476 e. The quantitative estimate of drug-likeness (QED) is 0.860. The molecule has 0 spiro atoms. The standard InChI is InChI=1S/C13H14N4O3S/c1-7-9(5-15-8(2)16-7)12(18)14-4-3-11-17-10(6-21-11)13(19)20/h5-6H,3-4H2,1-2H3,(H,14,18)(H,19,20). The van der Waals surface area contributed by atoms with Gasteiger partial charge in [0.25, 0.3) is 5.91 Å². The van der Waals surface area contributed by atoms with Gasteiger partial charge in [0.15, 0.2) is 5.69 Å². The van der Waals surface area contributed by atoms with Crippen molar-refractivity contribution in [2.45, 2.75) is 20.3 Å². The van der Waals surface area contributed by atoms with Crippen LogP contribution < -0.4 is 5.32 Å². The van der Waals surface area contributed by atoms with Gasteiger partial charge in [-0.05, 0) is 13.8 Å². The summed E-state index contributed by atoms with van der Waals surface area (Å²) in [6.07, 6.45) is 1.98. The summed E-state index contributed by atoms with van der Waals surface area (Å²) in [5.74, 6) is -0.676. The lowest BCUT2D eigenvalue weighted by molar-refractivity contribution is 0.0690. The Morgan fingerprint density at radius 3 is 2.71 bits per heavy atom. The van der Waals surface area contributed by atoms with Crippen LogP contribution in [0.15, 0.2) is 11.6 Å². The van der Waals surface area contributed by atoms with Gasteiger partial charge in [0, 0.05) is 24.5 Å². The van der Waals surface area contributed by atoms with E-state index in [1.54, 1.807) is 13.8 Å². The van der Waals surface area contributed by atoms with E-state index in [0.29, 0.717) is 35.1 Å². The Balaban J connectivity index is 1.90. The van der Waals surface area contributed by atoms with Crippen molar-refractivity contribution in [1.82, 2.24) is 20.3 Å². The molecule has 1 amide bonds. The summed E-state index contributed by atoms with van der Waals surface area (Å²) < 4.78 is 0. The number of thiazole rings is 1. The molecule has 2 aromatic heterocycles. The summed E-state index contributed by atoms with van der Waals surface area (Å²) in [6, 6.07) is 0. The summed E-state index contributed by atoms with van der Waals surface area (Å²) in [6.45, 7) is 3.89. The molecule has 21 heavy (non-hydrogen) atoms. The fraction of sp³-hybridized carbons (Fsp3) is 0.308. The van der Waals surface area contributed by atoms with Crippen LogP contribution in [0.4, 0.5) is 0 Å². The molecule has 2 heterocycles. The highest BCUT2D eigenvalue weighted by Gasteiger charge is 2.12. The average molecular weight is 306 g/mol. The Morgan fingerprint density at radius 1 is 1.33 bits per heavy atom. The molecule has 0 saturated carbocycles. The smallest absolute Gasteiger partial charge is 0.355 e. The van der Waals surface area contributed by atoms with Gasteiger partial charge in [-0.15, -0.1) is 11.3 Å². The van der Waals surface area contributed by atoms with Crippen molar-refractivity contribution >= 4 is 23.2 Å². The lowest BCUT2D eigenvalue weighted by Gasteiger charge is -2.06. The zero-order valence-electron chi connectivity index (χ0n) is 11.6. The largest absolute Gasteiger partial charge is 0.476 e. The highest BCUT2D eigenvalue weighted by Crippen LogP contribution is 2.10. The van der Waals surface area contributed by atoms with Crippen molar-refractivity contribution in [3.8, 4) is 0 Å². The third-order valence-electron chi connectivity index (χ3n) is 2.74. The molecule has 0 fully saturated rings. The highest BCUT2D eigenvalue weighted by atomic mass is 32.1. The maximum absolute atomic E-state index is 12.0. The first kappa shape index (κ1) is 15.0. The SMILES string of the molecule is Cc1ncc(C(=O)NCCc2nc(C(=O)O)cs2)c(C)n1. The fourth-order valence-electron chi connectivity index (χ4n) is 1.71. The number of amides is 1. The van der Waals surface area contributed by atoms with Gasteiger partial charge < -0.3 is 10.4 Å². The number of nitrogens with one attached hydrogen (secondary N) is 1. The molecule has 7 nitrogen and oxygen atoms in total. The second-order valence-electron chi connectivity index (χ2n) is 4.35. The normalized spacial score (nSPS) is 10.4. The summed E-state index contributed by atoms with van der Waals surface area (Å²) in [7, 11) is 0. The predicted molar refractivity (Wildman–Crippen MR) is 76.6 cm³/mol. The van der Waals surface area contributed by atoms with Crippen LogP contribution >= 0.6 is 11.3 Å². The molecule has 0 bridgehead atoms. The molecule has 0 aromatic carbocycles. The molecule has 110 valence electrons. The number of carboxylic acid groups (broad SMARTS) is 1. The number of aromatic nitrogens is 3. The molecule has 0 saturated heterocycles. The van der Waals surface area contributed by atoms with Crippen LogP contribution in [0.2, 0.25) is 0 Å². The maximum Gasteiger partial charge on any atom is 0.355 e. The minimum absolute atomic E-state index is 0.0316. The van der Waals surface area contributed by atoms with Gasteiger partial charge in [0.1, 0.15) is 5.82 Å². The average Bonchev–Trinajstić information content (AvgIpc) is 2.87. The van der Waals surface area contributed by atoms with E-state index in [9.17, 15) is 9.59 Å². The van der Waals surface area contributed by atoms with Gasteiger partial charge >= 0.3 is 5.97 Å². The molecule has 0 atom stereocenters. The van der Waals surface area contributed by atoms with E-state index < -0.39 is 5.97 Å². The second kappa shape index (κ2) is 6.40. The van der Waals surface area contributed by atoms with E-state index in [1.165, 1.54) is 22.9 Å². The number of hydrogen-bond donors (Lipinski definition) is 2. The first-order valence-electron chi connectivity index (χ1n) is 6.23. The van der Waals surface area contributed by atoms with Gasteiger partial charge in [-0.25, -0.2) is 19.7 Å². The zero-order chi connectivity index (χ0) is 15.4. The van der Waals surface area contributed by atoms with Gasteiger partial charge in [-0.2, -0.15) is 0 Å². The van der Waals surface area contributed by atoms with Crippen LogP contribution in [0.1, 0.15) is 37.4 Å². The van der Waals surface area contributed by atoms with Crippen molar-refractivity contribution in [2.75, 3.05) is 6.54 Å². The Kier molecular flexibility index (Phi) is 4.59. The van der Waals surface area contributed by atoms with Crippen molar-refractivity contribution < 1.29 is 14.7 Å². The van der Waals surface area contributed by atoms with Gasteiger partial charge in [0.2, 0.25) is 0 Å². The van der Waals surface area contributed by atoms with Crippen LogP contribution in [0, 0.1) is 13.8 Å². The number of nitrogens with zero attached hydrogens (tertiary/aromatic N) is 3. The molecule has 8 heteroatoms. The predicted octanol–water partition coefficient (Wildman–Crippen LogP) is 1.22. The molecule has 0 radical (unpaired) electrons. The van der Waals surface area contributed by atoms with Crippen molar-refractivity contribution in [1.29, 1.82) is 0 Å².